The lowest BCUT2D eigenvalue weighted by atomic mass is 9.96. The van der Waals surface area contributed by atoms with Crippen molar-refractivity contribution in [2.45, 2.75) is 25.3 Å². The van der Waals surface area contributed by atoms with Crippen LogP contribution in [0.25, 0.3) is 16.8 Å². The molecule has 0 aliphatic heterocycles. The maximum absolute atomic E-state index is 12.2. The van der Waals surface area contributed by atoms with Crippen LogP contribution in [0.5, 0.6) is 0 Å². The van der Waals surface area contributed by atoms with Crippen LogP contribution in [0.2, 0.25) is 10.0 Å². The third-order valence-electron chi connectivity index (χ3n) is 5.76. The molecule has 1 unspecified atom stereocenters. The maximum Gasteiger partial charge on any atom is 0.312 e. The highest BCUT2D eigenvalue weighted by atomic mass is 35.5. The minimum Gasteiger partial charge on any atom is -0.469 e. The number of benzene rings is 3. The summed E-state index contributed by atoms with van der Waals surface area (Å²) in [6, 6.07) is 17.9. The van der Waals surface area contributed by atoms with Gasteiger partial charge < -0.3 is 9.75 Å². The van der Waals surface area contributed by atoms with Crippen molar-refractivity contribution in [3.8, 4) is 11.1 Å². The van der Waals surface area contributed by atoms with Crippen molar-refractivity contribution in [3.63, 3.8) is 0 Å². The first-order valence-electron chi connectivity index (χ1n) is 11.1. The molecule has 0 aliphatic carbocycles. The van der Waals surface area contributed by atoms with E-state index in [9.17, 15) is 13.2 Å². The molecule has 2 N–H and O–H groups in total. The minimum atomic E-state index is -3.33. The van der Waals surface area contributed by atoms with E-state index < -0.39 is 21.7 Å². The van der Waals surface area contributed by atoms with E-state index in [-0.39, 0.29) is 11.4 Å². The average molecular weight is 548 g/mol. The number of carbonyl (C=O) groups is 1. The summed E-state index contributed by atoms with van der Waals surface area (Å²) in [5, 5.41) is 2.35. The zero-order chi connectivity index (χ0) is 26.6. The molecule has 3 aromatic rings. The van der Waals surface area contributed by atoms with Gasteiger partial charge >= 0.3 is 5.97 Å². The molecule has 0 saturated heterocycles. The van der Waals surface area contributed by atoms with Crippen molar-refractivity contribution < 1.29 is 17.9 Å². The van der Waals surface area contributed by atoms with E-state index in [2.05, 4.69) is 0 Å². The molecule has 6 nitrogen and oxygen atoms in total. The van der Waals surface area contributed by atoms with Gasteiger partial charge in [-0.2, -0.15) is 0 Å². The summed E-state index contributed by atoms with van der Waals surface area (Å²) in [5.41, 5.74) is 4.65. The van der Waals surface area contributed by atoms with Gasteiger partial charge in [-0.25, -0.2) is 14.3 Å². The largest absolute Gasteiger partial charge is 0.469 e. The maximum atomic E-state index is 12.2. The van der Waals surface area contributed by atoms with Gasteiger partial charge in [-0.3, -0.25) is 4.79 Å². The molecule has 0 fully saturated rings. The molecule has 0 amide bonds. The van der Waals surface area contributed by atoms with Crippen LogP contribution in [0, 0.1) is 12.8 Å². The number of aryl methyl sites for hydroxylation is 1. The van der Waals surface area contributed by atoms with Crippen molar-refractivity contribution in [2.24, 2.45) is 11.8 Å². The second-order valence-corrected chi connectivity index (χ2v) is 11.3. The first kappa shape index (κ1) is 27.7. The fourth-order valence-electron chi connectivity index (χ4n) is 3.81. The number of nitrogens with zero attached hydrogens (tertiary/aromatic N) is 1. The van der Waals surface area contributed by atoms with Crippen molar-refractivity contribution in [1.29, 1.82) is 0 Å². The number of hydrogen-bond donors (Lipinski definition) is 1. The van der Waals surface area contributed by atoms with Crippen molar-refractivity contribution >= 4 is 44.7 Å². The van der Waals surface area contributed by atoms with E-state index in [0.717, 1.165) is 27.8 Å². The molecule has 0 saturated carbocycles. The van der Waals surface area contributed by atoms with Gasteiger partial charge in [0.15, 0.2) is 9.84 Å². The Labute approximate surface area is 222 Å². The summed E-state index contributed by atoms with van der Waals surface area (Å²) in [5.74, 6) is 5.57. The van der Waals surface area contributed by atoms with Gasteiger partial charge in [-0.05, 0) is 60.4 Å². The van der Waals surface area contributed by atoms with E-state index in [1.165, 1.54) is 18.4 Å². The van der Waals surface area contributed by atoms with Gasteiger partial charge in [0.05, 0.1) is 40.2 Å². The highest BCUT2D eigenvalue weighted by molar-refractivity contribution is 7.90. The summed E-state index contributed by atoms with van der Waals surface area (Å²) >= 11 is 12.6. The number of halogens is 2. The highest BCUT2D eigenvalue weighted by Gasteiger charge is 2.19. The summed E-state index contributed by atoms with van der Waals surface area (Å²) < 4.78 is 28.9. The second kappa shape index (κ2) is 11.5. The predicted octanol–water partition coefficient (Wildman–Crippen LogP) is 5.90. The second-order valence-electron chi connectivity index (χ2n) is 8.53. The lowest BCUT2D eigenvalue weighted by Crippen LogP contribution is -2.30. The molecule has 0 heterocycles. The number of hydrazine groups is 1. The molecule has 3 rings (SSSR count). The first-order chi connectivity index (χ1) is 16.9. The van der Waals surface area contributed by atoms with Crippen LogP contribution < -0.4 is 5.84 Å². The summed E-state index contributed by atoms with van der Waals surface area (Å²) in [6.07, 6.45) is 2.93. The monoisotopic (exact) mass is 546 g/mol. The number of carbonyl (C=O) groups excluding carboxylic acids is 1. The summed E-state index contributed by atoms with van der Waals surface area (Å²) in [6.45, 7) is 3.90. The molecular weight excluding hydrogens is 519 g/mol. The Morgan fingerprint density at radius 2 is 1.75 bits per heavy atom. The molecule has 36 heavy (non-hydrogen) atoms. The Bertz CT molecular complexity index is 1420. The van der Waals surface area contributed by atoms with Crippen LogP contribution in [-0.2, 0) is 25.9 Å². The number of esters is 1. The number of methoxy groups -OCH3 is 1. The van der Waals surface area contributed by atoms with Gasteiger partial charge in [0.1, 0.15) is 0 Å². The van der Waals surface area contributed by atoms with Crippen molar-refractivity contribution in [1.82, 2.24) is 5.01 Å². The van der Waals surface area contributed by atoms with Crippen LogP contribution in [0.15, 0.2) is 71.6 Å². The van der Waals surface area contributed by atoms with Gasteiger partial charge in [0, 0.05) is 11.8 Å². The zero-order valence-corrected chi connectivity index (χ0v) is 22.8. The fourth-order valence-corrected chi connectivity index (χ4v) is 4.85. The van der Waals surface area contributed by atoms with Gasteiger partial charge in [0.2, 0.25) is 0 Å². The fraction of sp³-hybridized carbons (Fsp3) is 0.222. The summed E-state index contributed by atoms with van der Waals surface area (Å²) in [7, 11) is -2.00. The van der Waals surface area contributed by atoms with Crippen LogP contribution in [0.1, 0.15) is 23.6 Å². The van der Waals surface area contributed by atoms with Gasteiger partial charge in [-0.15, -0.1) is 0 Å². The normalized spacial score (nSPS) is 12.8. The smallest absolute Gasteiger partial charge is 0.312 e. The SMILES string of the molecule is COC(=O)C(C)/C=C(/c1ccc(-c2cccc(S(C)(=O)=O)c2)cc1C)N(N)Cc1cccc(Cl)c1Cl. The van der Waals surface area contributed by atoms with E-state index in [0.29, 0.717) is 15.7 Å². The lowest BCUT2D eigenvalue weighted by Gasteiger charge is -2.25. The lowest BCUT2D eigenvalue weighted by molar-refractivity contribution is -0.143. The predicted molar refractivity (Wildman–Crippen MR) is 145 cm³/mol. The molecule has 1 atom stereocenters. The topological polar surface area (TPSA) is 89.7 Å². The van der Waals surface area contributed by atoms with Crippen LogP contribution in [-0.4, -0.2) is 32.8 Å². The molecule has 0 spiro atoms. The molecule has 0 aromatic heterocycles. The Kier molecular flexibility index (Phi) is 8.84. The number of rotatable bonds is 8. The molecule has 0 bridgehead atoms. The van der Waals surface area contributed by atoms with Crippen LogP contribution in [0.4, 0.5) is 0 Å². The number of nitrogens with two attached hydrogens (primary N) is 1. The molecule has 190 valence electrons. The van der Waals surface area contributed by atoms with Gasteiger partial charge in [0.25, 0.3) is 0 Å². The number of ether oxygens (including phenoxy) is 1. The molecular formula is C27H28Cl2N2O4S. The Morgan fingerprint density at radius 1 is 1.08 bits per heavy atom. The zero-order valence-electron chi connectivity index (χ0n) is 20.5. The number of sulfone groups is 1. The van der Waals surface area contributed by atoms with Gasteiger partial charge in [-0.1, -0.05) is 65.7 Å². The van der Waals surface area contributed by atoms with Crippen LogP contribution >= 0.6 is 23.2 Å². The molecule has 0 radical (unpaired) electrons. The Balaban J connectivity index is 2.05. The third kappa shape index (κ3) is 6.48. The molecule has 0 aliphatic rings. The van der Waals surface area contributed by atoms with Crippen molar-refractivity contribution in [3.05, 3.63) is 93.5 Å². The third-order valence-corrected chi connectivity index (χ3v) is 7.73. The van der Waals surface area contributed by atoms with Crippen LogP contribution in [0.3, 0.4) is 0 Å². The van der Waals surface area contributed by atoms with E-state index in [4.69, 9.17) is 33.8 Å². The van der Waals surface area contributed by atoms with Crippen molar-refractivity contribution in [2.75, 3.05) is 13.4 Å². The highest BCUT2D eigenvalue weighted by Crippen LogP contribution is 2.32. The first-order valence-corrected chi connectivity index (χ1v) is 13.7. The Morgan fingerprint density at radius 3 is 2.39 bits per heavy atom. The van der Waals surface area contributed by atoms with E-state index in [1.807, 2.05) is 37.3 Å². The average Bonchev–Trinajstić information content (AvgIpc) is 2.84. The van der Waals surface area contributed by atoms with E-state index in [1.54, 1.807) is 43.3 Å². The quantitative estimate of drug-likeness (QED) is 0.215. The standard InChI is InChI=1S/C27H28Cl2N2O4S/c1-17-13-20(19-7-5-9-22(15-19)36(4,33)34)11-12-23(17)25(14-18(2)27(32)35-3)31(30)16-21-8-6-10-24(28)26(21)29/h5-15,18H,16,30H2,1-4H3/b25-14-. The Hall–Kier alpha value is -2.84. The minimum absolute atomic E-state index is 0.247. The summed E-state index contributed by atoms with van der Waals surface area (Å²) in [4.78, 5) is 12.4. The number of hydrogen-bond acceptors (Lipinski definition) is 6. The molecule has 9 heteroatoms. The van der Waals surface area contributed by atoms with E-state index >= 15 is 0 Å². The molecule has 3 aromatic carbocycles.